The number of benzene rings is 1. The molecule has 5 nitrogen and oxygen atoms in total. The van der Waals surface area contributed by atoms with Crippen molar-refractivity contribution in [3.63, 3.8) is 0 Å². The maximum absolute atomic E-state index is 12.3. The Balaban J connectivity index is 2.05. The third-order valence-electron chi connectivity index (χ3n) is 3.55. The van der Waals surface area contributed by atoms with Gasteiger partial charge in [-0.25, -0.2) is 4.98 Å². The summed E-state index contributed by atoms with van der Waals surface area (Å²) in [5, 5.41) is 2.76. The molecule has 0 fully saturated rings. The molecular weight excluding hydrogens is 284 g/mol. The van der Waals surface area contributed by atoms with Crippen molar-refractivity contribution in [2.24, 2.45) is 0 Å². The molecule has 104 valence electrons. The molecule has 0 amide bonds. The number of H-pyrrole nitrogens is 2. The number of hydrogen-bond acceptors (Lipinski definition) is 4. The Kier molecular flexibility index (Phi) is 2.43. The molecule has 0 aliphatic heterocycles. The highest BCUT2D eigenvalue weighted by molar-refractivity contribution is 7.16. The van der Waals surface area contributed by atoms with Gasteiger partial charge in [0.15, 0.2) is 0 Å². The maximum Gasteiger partial charge on any atom is 0.262 e. The molecule has 3 aromatic heterocycles. The molecule has 21 heavy (non-hydrogen) atoms. The summed E-state index contributed by atoms with van der Waals surface area (Å²) >= 11 is 1.46. The highest BCUT2D eigenvalue weighted by atomic mass is 32.1. The monoisotopic (exact) mass is 296 g/mol. The average molecular weight is 296 g/mol. The number of nitrogens with two attached hydrogens (primary N) is 1. The van der Waals surface area contributed by atoms with E-state index in [1.54, 1.807) is 0 Å². The molecule has 0 spiro atoms. The quantitative estimate of drug-likeness (QED) is 0.504. The molecule has 3 heterocycles. The molecule has 0 aliphatic carbocycles. The zero-order valence-corrected chi connectivity index (χ0v) is 12.0. The fourth-order valence-electron chi connectivity index (χ4n) is 2.52. The van der Waals surface area contributed by atoms with E-state index in [0.717, 1.165) is 26.8 Å². The molecule has 4 aromatic rings. The van der Waals surface area contributed by atoms with E-state index >= 15 is 0 Å². The lowest BCUT2D eigenvalue weighted by Crippen LogP contribution is -2.12. The molecule has 0 atom stereocenters. The molecule has 0 radical (unpaired) electrons. The van der Waals surface area contributed by atoms with Crippen LogP contribution >= 0.6 is 11.3 Å². The molecule has 0 unspecified atom stereocenters. The van der Waals surface area contributed by atoms with Gasteiger partial charge in [0.2, 0.25) is 0 Å². The van der Waals surface area contributed by atoms with Crippen molar-refractivity contribution in [3.8, 4) is 11.4 Å². The van der Waals surface area contributed by atoms with Crippen LogP contribution in [0.1, 0.15) is 5.56 Å². The molecule has 0 saturated heterocycles. The zero-order chi connectivity index (χ0) is 14.6. The van der Waals surface area contributed by atoms with Gasteiger partial charge in [0, 0.05) is 5.39 Å². The number of thiophene rings is 1. The fourth-order valence-corrected chi connectivity index (χ4v) is 3.31. The van der Waals surface area contributed by atoms with E-state index in [1.165, 1.54) is 11.3 Å². The Morgan fingerprint density at radius 1 is 1.24 bits per heavy atom. The summed E-state index contributed by atoms with van der Waals surface area (Å²) in [5.41, 5.74) is 9.66. The number of hydrogen-bond donors (Lipinski definition) is 3. The average Bonchev–Trinajstić information content (AvgIpc) is 3.04. The number of nitrogen functional groups attached to an aromatic ring is 1. The second-order valence-corrected chi connectivity index (χ2v) is 5.93. The standard InChI is InChI=1S/C15H12N4OS/c1-7-2-3-9-10(6-7)18-13(17-9)11-12(16)8-4-5-21-15(8)19-14(11)20/h2-6H,1H3,(H,17,18)(H3,16,19,20). The number of aromatic nitrogens is 3. The number of fused-ring (bicyclic) bond motifs is 2. The first-order valence-electron chi connectivity index (χ1n) is 6.49. The highest BCUT2D eigenvalue weighted by Gasteiger charge is 2.16. The van der Waals surface area contributed by atoms with Crippen molar-refractivity contribution >= 4 is 38.3 Å². The predicted molar refractivity (Wildman–Crippen MR) is 86.7 cm³/mol. The van der Waals surface area contributed by atoms with Gasteiger partial charge in [0.25, 0.3) is 5.56 Å². The summed E-state index contributed by atoms with van der Waals surface area (Å²) in [6, 6.07) is 7.82. The Morgan fingerprint density at radius 3 is 2.95 bits per heavy atom. The number of anilines is 1. The minimum atomic E-state index is -0.224. The Bertz CT molecular complexity index is 1040. The number of nitrogens with one attached hydrogen (secondary N) is 2. The van der Waals surface area contributed by atoms with Crippen molar-refractivity contribution in [3.05, 3.63) is 45.6 Å². The minimum Gasteiger partial charge on any atom is -0.397 e. The Hall–Kier alpha value is -2.60. The lowest BCUT2D eigenvalue weighted by Gasteiger charge is -2.02. The third kappa shape index (κ3) is 1.76. The van der Waals surface area contributed by atoms with Crippen LogP contribution in [0.2, 0.25) is 0 Å². The van der Waals surface area contributed by atoms with Crippen molar-refractivity contribution < 1.29 is 0 Å². The van der Waals surface area contributed by atoms with Crippen LogP contribution in [0.3, 0.4) is 0 Å². The summed E-state index contributed by atoms with van der Waals surface area (Å²) in [5.74, 6) is 0.502. The summed E-state index contributed by atoms with van der Waals surface area (Å²) in [7, 11) is 0. The van der Waals surface area contributed by atoms with Gasteiger partial charge in [-0.15, -0.1) is 11.3 Å². The first-order chi connectivity index (χ1) is 10.1. The summed E-state index contributed by atoms with van der Waals surface area (Å²) < 4.78 is 0. The van der Waals surface area contributed by atoms with Gasteiger partial charge in [0.1, 0.15) is 16.2 Å². The van der Waals surface area contributed by atoms with Crippen LogP contribution in [0.15, 0.2) is 34.4 Å². The third-order valence-corrected chi connectivity index (χ3v) is 4.38. The second-order valence-electron chi connectivity index (χ2n) is 5.01. The van der Waals surface area contributed by atoms with Crippen molar-refractivity contribution in [2.45, 2.75) is 6.92 Å². The smallest absolute Gasteiger partial charge is 0.262 e. The Labute approximate surface area is 123 Å². The van der Waals surface area contributed by atoms with E-state index in [4.69, 9.17) is 5.73 Å². The van der Waals surface area contributed by atoms with Gasteiger partial charge in [0.05, 0.1) is 16.7 Å². The number of aryl methyl sites for hydroxylation is 1. The minimum absolute atomic E-state index is 0.224. The zero-order valence-electron chi connectivity index (χ0n) is 11.2. The topological polar surface area (TPSA) is 87.6 Å². The van der Waals surface area contributed by atoms with E-state index in [1.807, 2.05) is 36.6 Å². The largest absolute Gasteiger partial charge is 0.397 e. The lowest BCUT2D eigenvalue weighted by molar-refractivity contribution is 1.26. The highest BCUT2D eigenvalue weighted by Crippen LogP contribution is 2.30. The number of imidazole rings is 1. The van der Waals surface area contributed by atoms with E-state index < -0.39 is 0 Å². The van der Waals surface area contributed by atoms with Crippen LogP contribution in [0.5, 0.6) is 0 Å². The van der Waals surface area contributed by atoms with Crippen LogP contribution in [0.4, 0.5) is 5.69 Å². The van der Waals surface area contributed by atoms with Crippen LogP contribution in [0.25, 0.3) is 32.6 Å². The first-order valence-corrected chi connectivity index (χ1v) is 7.37. The van der Waals surface area contributed by atoms with Gasteiger partial charge in [-0.05, 0) is 36.1 Å². The Morgan fingerprint density at radius 2 is 2.10 bits per heavy atom. The molecular formula is C15H12N4OS. The van der Waals surface area contributed by atoms with E-state index in [0.29, 0.717) is 17.1 Å². The van der Waals surface area contributed by atoms with Gasteiger partial charge in [-0.2, -0.15) is 0 Å². The van der Waals surface area contributed by atoms with E-state index in [-0.39, 0.29) is 5.56 Å². The fraction of sp³-hybridized carbons (Fsp3) is 0.0667. The van der Waals surface area contributed by atoms with Gasteiger partial charge in [-0.3, -0.25) is 4.79 Å². The van der Waals surface area contributed by atoms with Crippen molar-refractivity contribution in [1.29, 1.82) is 0 Å². The van der Waals surface area contributed by atoms with Crippen LogP contribution < -0.4 is 11.3 Å². The molecule has 0 aliphatic rings. The maximum atomic E-state index is 12.3. The van der Waals surface area contributed by atoms with Gasteiger partial charge >= 0.3 is 0 Å². The summed E-state index contributed by atoms with van der Waals surface area (Å²) in [4.78, 5) is 23.6. The normalized spacial score (nSPS) is 11.5. The molecule has 0 bridgehead atoms. The first kappa shape index (κ1) is 12.2. The van der Waals surface area contributed by atoms with Crippen LogP contribution in [-0.2, 0) is 0 Å². The number of pyridine rings is 1. The molecule has 4 N–H and O–H groups in total. The van der Waals surface area contributed by atoms with Crippen LogP contribution in [-0.4, -0.2) is 15.0 Å². The number of aromatic amines is 2. The van der Waals surface area contributed by atoms with Gasteiger partial charge < -0.3 is 15.7 Å². The number of rotatable bonds is 1. The van der Waals surface area contributed by atoms with Crippen molar-refractivity contribution in [2.75, 3.05) is 5.73 Å². The van der Waals surface area contributed by atoms with Gasteiger partial charge in [-0.1, -0.05) is 6.07 Å². The van der Waals surface area contributed by atoms with Crippen LogP contribution in [0, 0.1) is 6.92 Å². The lowest BCUT2D eigenvalue weighted by atomic mass is 10.2. The summed E-state index contributed by atoms with van der Waals surface area (Å²) in [6.07, 6.45) is 0. The van der Waals surface area contributed by atoms with E-state index in [2.05, 4.69) is 15.0 Å². The van der Waals surface area contributed by atoms with E-state index in [9.17, 15) is 4.79 Å². The number of nitrogens with zero attached hydrogens (tertiary/aromatic N) is 1. The molecule has 1 aromatic carbocycles. The molecule has 6 heteroatoms. The predicted octanol–water partition coefficient (Wildman–Crippen LogP) is 3.02. The molecule has 4 rings (SSSR count). The van der Waals surface area contributed by atoms with Crippen molar-refractivity contribution in [1.82, 2.24) is 15.0 Å². The SMILES string of the molecule is Cc1ccc2nc(-c3c(N)c4ccsc4[nH]c3=O)[nH]c2c1. The summed E-state index contributed by atoms with van der Waals surface area (Å²) in [6.45, 7) is 2.01. The molecule has 0 saturated carbocycles. The second kappa shape index (κ2) is 4.20.